The van der Waals surface area contributed by atoms with Gasteiger partial charge in [0.15, 0.2) is 11.6 Å². The first kappa shape index (κ1) is 11.0. The van der Waals surface area contributed by atoms with Gasteiger partial charge in [0.05, 0.1) is 6.61 Å². The molecule has 0 aromatic carbocycles. The normalized spacial score (nSPS) is 15.5. The maximum atomic E-state index is 11.8. The average Bonchev–Trinajstić information content (AvgIpc) is 2.86. The summed E-state index contributed by atoms with van der Waals surface area (Å²) < 4.78 is 10.1. The van der Waals surface area contributed by atoms with E-state index in [-0.39, 0.29) is 5.97 Å². The lowest BCUT2D eigenvalue weighted by atomic mass is 10.2. The molecule has 0 amide bonds. The highest BCUT2D eigenvalue weighted by atomic mass is 16.5. The van der Waals surface area contributed by atoms with Gasteiger partial charge in [-0.1, -0.05) is 5.16 Å². The molecule has 1 fully saturated rings. The van der Waals surface area contributed by atoms with Gasteiger partial charge in [-0.25, -0.2) is 4.79 Å². The number of aryl methyl sites for hydroxylation is 1. The fraction of sp³-hybridized carbons (Fsp3) is 0.636. The lowest BCUT2D eigenvalue weighted by molar-refractivity contribution is 0.0525. The van der Waals surface area contributed by atoms with Crippen molar-refractivity contribution < 1.29 is 14.1 Å². The van der Waals surface area contributed by atoms with Crippen molar-refractivity contribution in [3.63, 3.8) is 0 Å². The fourth-order valence-electron chi connectivity index (χ4n) is 1.94. The van der Waals surface area contributed by atoms with Crippen molar-refractivity contribution in [2.24, 2.45) is 0 Å². The molecule has 1 aromatic rings. The van der Waals surface area contributed by atoms with Gasteiger partial charge in [-0.3, -0.25) is 0 Å². The molecular weight excluding hydrogens is 208 g/mol. The van der Waals surface area contributed by atoms with E-state index in [0.29, 0.717) is 23.7 Å². The first-order chi connectivity index (χ1) is 7.74. The standard InChI is InChI=1S/C11H16N2O3/c1-3-15-11(14)9-8(2)16-12-10(9)13-6-4-5-7-13/h3-7H2,1-2H3. The summed E-state index contributed by atoms with van der Waals surface area (Å²) >= 11 is 0. The largest absolute Gasteiger partial charge is 0.462 e. The molecule has 0 N–H and O–H groups in total. The van der Waals surface area contributed by atoms with Crippen molar-refractivity contribution in [1.29, 1.82) is 0 Å². The minimum absolute atomic E-state index is 0.344. The molecule has 88 valence electrons. The van der Waals surface area contributed by atoms with Crippen molar-refractivity contribution in [3.8, 4) is 0 Å². The third kappa shape index (κ3) is 1.89. The zero-order chi connectivity index (χ0) is 11.5. The Morgan fingerprint density at radius 2 is 2.19 bits per heavy atom. The number of aromatic nitrogens is 1. The summed E-state index contributed by atoms with van der Waals surface area (Å²) in [6.45, 7) is 5.74. The molecule has 1 aliphatic rings. The molecule has 1 aromatic heterocycles. The van der Waals surface area contributed by atoms with Crippen LogP contribution in [0.4, 0.5) is 5.82 Å². The van der Waals surface area contributed by atoms with E-state index in [9.17, 15) is 4.79 Å². The van der Waals surface area contributed by atoms with Gasteiger partial charge < -0.3 is 14.2 Å². The van der Waals surface area contributed by atoms with E-state index >= 15 is 0 Å². The Morgan fingerprint density at radius 3 is 2.81 bits per heavy atom. The van der Waals surface area contributed by atoms with Crippen molar-refractivity contribution >= 4 is 11.8 Å². The summed E-state index contributed by atoms with van der Waals surface area (Å²) in [7, 11) is 0. The zero-order valence-electron chi connectivity index (χ0n) is 9.65. The van der Waals surface area contributed by atoms with Crippen molar-refractivity contribution in [2.75, 3.05) is 24.6 Å². The van der Waals surface area contributed by atoms with Crippen molar-refractivity contribution in [2.45, 2.75) is 26.7 Å². The summed E-state index contributed by atoms with van der Waals surface area (Å²) in [6, 6.07) is 0. The highest BCUT2D eigenvalue weighted by molar-refractivity contribution is 5.95. The number of carbonyl (C=O) groups excluding carboxylic acids is 1. The van der Waals surface area contributed by atoms with Gasteiger partial charge in [0.1, 0.15) is 5.56 Å². The Hall–Kier alpha value is -1.52. The predicted octanol–water partition coefficient (Wildman–Crippen LogP) is 1.76. The number of ether oxygens (including phenoxy) is 1. The number of carbonyl (C=O) groups is 1. The van der Waals surface area contributed by atoms with Crippen LogP contribution in [0.25, 0.3) is 0 Å². The van der Waals surface area contributed by atoms with Crippen LogP contribution in [0, 0.1) is 6.92 Å². The minimum atomic E-state index is -0.344. The number of anilines is 1. The van der Waals surface area contributed by atoms with E-state index < -0.39 is 0 Å². The van der Waals surface area contributed by atoms with Gasteiger partial charge in [-0.15, -0.1) is 0 Å². The van der Waals surface area contributed by atoms with Crippen LogP contribution < -0.4 is 4.90 Å². The van der Waals surface area contributed by atoms with E-state index in [0.717, 1.165) is 25.9 Å². The van der Waals surface area contributed by atoms with Crippen LogP contribution in [0.5, 0.6) is 0 Å². The van der Waals surface area contributed by atoms with E-state index in [4.69, 9.17) is 9.26 Å². The third-order valence-electron chi connectivity index (χ3n) is 2.73. The molecule has 0 bridgehead atoms. The maximum absolute atomic E-state index is 11.8. The molecule has 0 spiro atoms. The maximum Gasteiger partial charge on any atom is 0.345 e. The molecule has 1 aliphatic heterocycles. The molecule has 2 rings (SSSR count). The van der Waals surface area contributed by atoms with Gasteiger partial charge in [-0.2, -0.15) is 0 Å². The molecular formula is C11H16N2O3. The molecule has 5 heteroatoms. The molecule has 0 saturated carbocycles. The number of nitrogens with zero attached hydrogens (tertiary/aromatic N) is 2. The summed E-state index contributed by atoms with van der Waals surface area (Å²) in [5.41, 5.74) is 0.476. The highest BCUT2D eigenvalue weighted by Crippen LogP contribution is 2.26. The molecule has 1 saturated heterocycles. The van der Waals surface area contributed by atoms with E-state index in [1.165, 1.54) is 0 Å². The highest BCUT2D eigenvalue weighted by Gasteiger charge is 2.27. The number of hydrogen-bond acceptors (Lipinski definition) is 5. The van der Waals surface area contributed by atoms with Crippen LogP contribution in [0.1, 0.15) is 35.9 Å². The zero-order valence-corrected chi connectivity index (χ0v) is 9.65. The lowest BCUT2D eigenvalue weighted by Crippen LogP contribution is -2.21. The molecule has 0 aliphatic carbocycles. The summed E-state index contributed by atoms with van der Waals surface area (Å²) in [5.74, 6) is 0.817. The van der Waals surface area contributed by atoms with Gasteiger partial charge in [0, 0.05) is 13.1 Å². The molecule has 2 heterocycles. The Balaban J connectivity index is 2.27. The van der Waals surface area contributed by atoms with Gasteiger partial charge in [0.25, 0.3) is 0 Å². The average molecular weight is 224 g/mol. The van der Waals surface area contributed by atoms with Crippen LogP contribution in [0.2, 0.25) is 0 Å². The fourth-order valence-corrected chi connectivity index (χ4v) is 1.94. The van der Waals surface area contributed by atoms with Crippen molar-refractivity contribution in [1.82, 2.24) is 5.16 Å². The number of rotatable bonds is 3. The van der Waals surface area contributed by atoms with Crippen LogP contribution >= 0.6 is 0 Å². The quantitative estimate of drug-likeness (QED) is 0.732. The van der Waals surface area contributed by atoms with Crippen LogP contribution in [-0.2, 0) is 4.74 Å². The monoisotopic (exact) mass is 224 g/mol. The third-order valence-corrected chi connectivity index (χ3v) is 2.73. The van der Waals surface area contributed by atoms with Crippen molar-refractivity contribution in [3.05, 3.63) is 11.3 Å². The molecule has 16 heavy (non-hydrogen) atoms. The first-order valence-electron chi connectivity index (χ1n) is 5.62. The Bertz CT molecular complexity index is 381. The minimum Gasteiger partial charge on any atom is -0.462 e. The predicted molar refractivity (Wildman–Crippen MR) is 58.6 cm³/mol. The number of hydrogen-bond donors (Lipinski definition) is 0. The van der Waals surface area contributed by atoms with E-state index in [1.54, 1.807) is 13.8 Å². The molecule has 5 nitrogen and oxygen atoms in total. The molecule has 0 atom stereocenters. The smallest absolute Gasteiger partial charge is 0.345 e. The van der Waals surface area contributed by atoms with Crippen LogP contribution in [0.15, 0.2) is 4.52 Å². The Labute approximate surface area is 94.3 Å². The topological polar surface area (TPSA) is 55.6 Å². The summed E-state index contributed by atoms with van der Waals surface area (Å²) in [4.78, 5) is 13.8. The Morgan fingerprint density at radius 1 is 1.50 bits per heavy atom. The second-order valence-electron chi connectivity index (χ2n) is 3.85. The van der Waals surface area contributed by atoms with E-state index in [2.05, 4.69) is 10.1 Å². The summed E-state index contributed by atoms with van der Waals surface area (Å²) in [5, 5.41) is 3.95. The second kappa shape index (κ2) is 4.55. The first-order valence-corrected chi connectivity index (χ1v) is 5.62. The number of esters is 1. The lowest BCUT2D eigenvalue weighted by Gasteiger charge is -2.14. The van der Waals surface area contributed by atoms with E-state index in [1.807, 2.05) is 0 Å². The second-order valence-corrected chi connectivity index (χ2v) is 3.85. The molecule has 0 unspecified atom stereocenters. The van der Waals surface area contributed by atoms with Gasteiger partial charge in [-0.05, 0) is 26.7 Å². The SMILES string of the molecule is CCOC(=O)c1c(N2CCCC2)noc1C. The van der Waals surface area contributed by atoms with Crippen LogP contribution in [-0.4, -0.2) is 30.8 Å². The van der Waals surface area contributed by atoms with Crippen LogP contribution in [0.3, 0.4) is 0 Å². The summed E-state index contributed by atoms with van der Waals surface area (Å²) in [6.07, 6.45) is 2.27. The van der Waals surface area contributed by atoms with Gasteiger partial charge in [0.2, 0.25) is 0 Å². The van der Waals surface area contributed by atoms with Gasteiger partial charge >= 0.3 is 5.97 Å². The Kier molecular flexibility index (Phi) is 3.12. The molecule has 0 radical (unpaired) electrons.